The Labute approximate surface area is 185 Å². The van der Waals surface area contributed by atoms with Crippen LogP contribution in [0.3, 0.4) is 0 Å². The zero-order valence-corrected chi connectivity index (χ0v) is 18.7. The molecule has 178 valence electrons. The molecule has 3 N–H and O–H groups in total. The lowest BCUT2D eigenvalue weighted by Crippen LogP contribution is -2.56. The van der Waals surface area contributed by atoms with Gasteiger partial charge in [-0.3, -0.25) is 9.59 Å². The molecule has 2 amide bonds. The molecular weight excluding hydrogens is 446 g/mol. The van der Waals surface area contributed by atoms with Crippen LogP contribution < -0.4 is 15.4 Å². The third-order valence-electron chi connectivity index (χ3n) is 5.56. The van der Waals surface area contributed by atoms with Crippen molar-refractivity contribution in [2.75, 3.05) is 44.3 Å². The second-order valence-electron chi connectivity index (χ2n) is 7.83. The molecule has 9 nitrogen and oxygen atoms in total. The summed E-state index contributed by atoms with van der Waals surface area (Å²) in [5, 5.41) is 0. The van der Waals surface area contributed by atoms with Crippen molar-refractivity contribution in [2.24, 2.45) is 5.73 Å². The number of amides is 2. The number of carbonyl (C=O) groups is 2. The zero-order chi connectivity index (χ0) is 23.5. The molecule has 0 aliphatic carbocycles. The lowest BCUT2D eigenvalue weighted by molar-refractivity contribution is -0.143. The number of sulfonamides is 1. The first-order valence-electron chi connectivity index (χ1n) is 10.5. The molecule has 0 aromatic heterocycles. The van der Waals surface area contributed by atoms with E-state index >= 15 is 0 Å². The molecule has 1 aromatic rings. The molecule has 2 aliphatic heterocycles. The summed E-state index contributed by atoms with van der Waals surface area (Å²) in [4.78, 5) is 27.4. The van der Waals surface area contributed by atoms with Crippen LogP contribution in [0.15, 0.2) is 23.1 Å². The Kier molecular flexibility index (Phi) is 7.48. The van der Waals surface area contributed by atoms with Gasteiger partial charge in [-0.05, 0) is 30.5 Å². The van der Waals surface area contributed by atoms with Crippen molar-refractivity contribution in [1.82, 2.24) is 9.62 Å². The molecule has 1 aromatic carbocycles. The number of nitrogens with one attached hydrogen (secondary N) is 1. The third kappa shape index (κ3) is 5.25. The molecule has 2 heterocycles. The molecule has 12 heteroatoms. The zero-order valence-electron chi connectivity index (χ0n) is 17.9. The van der Waals surface area contributed by atoms with Gasteiger partial charge in [0.2, 0.25) is 15.9 Å². The van der Waals surface area contributed by atoms with Crippen LogP contribution in [0.25, 0.3) is 0 Å². The minimum absolute atomic E-state index is 0.0907. The van der Waals surface area contributed by atoms with Crippen LogP contribution in [0, 0.1) is 0 Å². The number of anilines is 1. The Balaban J connectivity index is 1.87. The van der Waals surface area contributed by atoms with Gasteiger partial charge < -0.3 is 20.3 Å². The maximum atomic E-state index is 13.7. The van der Waals surface area contributed by atoms with Gasteiger partial charge in [0.05, 0.1) is 18.0 Å². The van der Waals surface area contributed by atoms with Crippen molar-refractivity contribution in [2.45, 2.75) is 43.0 Å². The summed E-state index contributed by atoms with van der Waals surface area (Å²) < 4.78 is 61.3. The Morgan fingerprint density at radius 1 is 1.34 bits per heavy atom. The smallest absolute Gasteiger partial charge is 0.265 e. The van der Waals surface area contributed by atoms with E-state index < -0.39 is 34.4 Å². The van der Waals surface area contributed by atoms with E-state index in [2.05, 4.69) is 4.72 Å². The molecule has 0 unspecified atom stereocenters. The predicted octanol–water partition coefficient (Wildman–Crippen LogP) is 0.476. The number of rotatable bonds is 7. The number of carbonyl (C=O) groups excluding carboxylic acids is 2. The van der Waals surface area contributed by atoms with Crippen molar-refractivity contribution in [1.29, 1.82) is 0 Å². The molecule has 2 aliphatic rings. The van der Waals surface area contributed by atoms with E-state index in [-0.39, 0.29) is 49.9 Å². The van der Waals surface area contributed by atoms with Crippen LogP contribution >= 0.6 is 0 Å². The molecule has 2 fully saturated rings. The fourth-order valence-electron chi connectivity index (χ4n) is 4.01. The predicted molar refractivity (Wildman–Crippen MR) is 113 cm³/mol. The van der Waals surface area contributed by atoms with Crippen LogP contribution in [0.1, 0.15) is 25.3 Å². The van der Waals surface area contributed by atoms with Gasteiger partial charge in [0.1, 0.15) is 12.6 Å². The maximum absolute atomic E-state index is 13.7. The minimum Gasteiger partial charge on any atom is -0.370 e. The van der Waals surface area contributed by atoms with E-state index in [1.165, 1.54) is 17.0 Å². The topological polar surface area (TPSA) is 122 Å². The summed E-state index contributed by atoms with van der Waals surface area (Å²) in [5.41, 5.74) is 6.50. The number of alkyl halides is 2. The number of ether oxygens (including phenoxy) is 1. The molecule has 0 spiro atoms. The summed E-state index contributed by atoms with van der Waals surface area (Å²) >= 11 is 0. The molecule has 3 rings (SSSR count). The number of halogens is 2. The Bertz CT molecular complexity index is 973. The van der Waals surface area contributed by atoms with E-state index in [0.29, 0.717) is 24.3 Å². The SMILES string of the molecule is CCc1c(N2CCOCC2=O)cccc1S(=O)(=O)N[C@@H](CN)C(=O)N1CCCC(F)(F)C1. The first-order chi connectivity index (χ1) is 15.1. The summed E-state index contributed by atoms with van der Waals surface area (Å²) in [5.74, 6) is -4.08. The van der Waals surface area contributed by atoms with E-state index in [1.54, 1.807) is 13.0 Å². The Morgan fingerprint density at radius 3 is 2.72 bits per heavy atom. The number of likely N-dealkylation sites (tertiary alicyclic amines) is 1. The average molecular weight is 475 g/mol. The molecule has 2 saturated heterocycles. The number of nitrogens with two attached hydrogens (primary N) is 1. The van der Waals surface area contributed by atoms with Gasteiger partial charge in [-0.15, -0.1) is 0 Å². The van der Waals surface area contributed by atoms with E-state index in [4.69, 9.17) is 10.5 Å². The van der Waals surface area contributed by atoms with Crippen LogP contribution in [0.4, 0.5) is 14.5 Å². The van der Waals surface area contributed by atoms with Gasteiger partial charge in [-0.1, -0.05) is 13.0 Å². The van der Waals surface area contributed by atoms with Gasteiger partial charge in [-0.2, -0.15) is 4.72 Å². The lowest BCUT2D eigenvalue weighted by Gasteiger charge is -2.34. The van der Waals surface area contributed by atoms with E-state index in [9.17, 15) is 26.8 Å². The first kappa shape index (κ1) is 24.5. The van der Waals surface area contributed by atoms with Gasteiger partial charge in [-0.25, -0.2) is 17.2 Å². The lowest BCUT2D eigenvalue weighted by atomic mass is 10.1. The second-order valence-corrected chi connectivity index (χ2v) is 9.52. The van der Waals surface area contributed by atoms with Gasteiger partial charge in [0.25, 0.3) is 11.8 Å². The average Bonchev–Trinajstić information content (AvgIpc) is 2.76. The number of morpholine rings is 1. The Morgan fingerprint density at radius 2 is 2.09 bits per heavy atom. The summed E-state index contributed by atoms with van der Waals surface area (Å²) in [6.45, 7) is 1.24. The highest BCUT2D eigenvalue weighted by Crippen LogP contribution is 2.30. The number of nitrogens with zero attached hydrogens (tertiary/aromatic N) is 2. The van der Waals surface area contributed by atoms with Crippen molar-refractivity contribution >= 4 is 27.5 Å². The monoisotopic (exact) mass is 474 g/mol. The largest absolute Gasteiger partial charge is 0.370 e. The van der Waals surface area contributed by atoms with Gasteiger partial charge >= 0.3 is 0 Å². The summed E-state index contributed by atoms with van der Waals surface area (Å²) in [6.07, 6.45) is 0.109. The minimum atomic E-state index is -4.24. The normalized spacial score (nSPS) is 20.3. The Hall–Kier alpha value is -2.15. The molecule has 0 saturated carbocycles. The van der Waals surface area contributed by atoms with Crippen LogP contribution in [0.5, 0.6) is 0 Å². The molecule has 1 atom stereocenters. The highest BCUT2D eigenvalue weighted by Gasteiger charge is 2.39. The first-order valence-corrected chi connectivity index (χ1v) is 12.0. The highest BCUT2D eigenvalue weighted by molar-refractivity contribution is 7.89. The second kappa shape index (κ2) is 9.77. The van der Waals surface area contributed by atoms with Crippen LogP contribution in [0.2, 0.25) is 0 Å². The van der Waals surface area contributed by atoms with Crippen molar-refractivity contribution < 1.29 is 31.5 Å². The van der Waals surface area contributed by atoms with Crippen LogP contribution in [-0.4, -0.2) is 76.5 Å². The van der Waals surface area contributed by atoms with Gasteiger partial charge in [0.15, 0.2) is 0 Å². The van der Waals surface area contributed by atoms with E-state index in [0.717, 1.165) is 4.90 Å². The molecule has 32 heavy (non-hydrogen) atoms. The van der Waals surface area contributed by atoms with Crippen LogP contribution in [-0.2, 0) is 30.8 Å². The van der Waals surface area contributed by atoms with Crippen molar-refractivity contribution in [3.05, 3.63) is 23.8 Å². The molecular formula is C20H28F2N4O5S. The summed E-state index contributed by atoms with van der Waals surface area (Å²) in [6, 6.07) is 3.16. The fourth-order valence-corrected chi connectivity index (χ4v) is 5.54. The highest BCUT2D eigenvalue weighted by atomic mass is 32.2. The molecule has 0 bridgehead atoms. The third-order valence-corrected chi connectivity index (χ3v) is 7.12. The molecule has 0 radical (unpaired) electrons. The number of hydrogen-bond acceptors (Lipinski definition) is 6. The standard InChI is InChI=1S/C20H28F2N4O5S/c1-2-14-16(26-9-10-31-12-18(26)27)5-3-6-17(14)32(29,30)24-15(11-23)19(28)25-8-4-7-20(21,22)13-25/h3,5-6,15,24H,2,4,7-13,23H2,1H3/t15-/m0/s1. The van der Waals surface area contributed by atoms with E-state index in [1.807, 2.05) is 0 Å². The van der Waals surface area contributed by atoms with Crippen molar-refractivity contribution in [3.8, 4) is 0 Å². The summed E-state index contributed by atoms with van der Waals surface area (Å²) in [7, 11) is -4.24. The number of benzene rings is 1. The number of piperidine rings is 1. The number of hydrogen-bond donors (Lipinski definition) is 2. The quantitative estimate of drug-likeness (QED) is 0.593. The fraction of sp³-hybridized carbons (Fsp3) is 0.600. The maximum Gasteiger partial charge on any atom is 0.265 e. The van der Waals surface area contributed by atoms with Crippen molar-refractivity contribution in [3.63, 3.8) is 0 Å². The van der Waals surface area contributed by atoms with Gasteiger partial charge in [0, 0.05) is 31.7 Å².